The Morgan fingerprint density at radius 1 is 1.36 bits per heavy atom. The maximum absolute atomic E-state index is 12.2. The molecule has 2 atom stereocenters. The van der Waals surface area contributed by atoms with Gasteiger partial charge in [0.1, 0.15) is 0 Å². The Kier molecular flexibility index (Phi) is 5.54. The minimum absolute atomic E-state index is 0.0448. The Balaban J connectivity index is 1.86. The molecule has 1 aliphatic carbocycles. The van der Waals surface area contributed by atoms with E-state index < -0.39 is 15.6 Å². The third-order valence-electron chi connectivity index (χ3n) is 4.67. The van der Waals surface area contributed by atoms with Gasteiger partial charge in [0.2, 0.25) is 10.0 Å². The minimum Gasteiger partial charge on any atom is -0.389 e. The summed E-state index contributed by atoms with van der Waals surface area (Å²) in [6.45, 7) is 6.36. The van der Waals surface area contributed by atoms with Crippen LogP contribution in [-0.4, -0.2) is 69.2 Å². The first-order valence-corrected chi connectivity index (χ1v) is 9.74. The van der Waals surface area contributed by atoms with Crippen molar-refractivity contribution in [1.82, 2.24) is 9.62 Å². The van der Waals surface area contributed by atoms with Crippen LogP contribution in [0.3, 0.4) is 0 Å². The molecule has 0 aromatic carbocycles. The average molecular weight is 334 g/mol. The number of hydrogen-bond donors (Lipinski definition) is 2. The number of rotatable bonds is 5. The fourth-order valence-corrected chi connectivity index (χ4v) is 4.93. The van der Waals surface area contributed by atoms with E-state index in [1.807, 2.05) is 7.05 Å². The molecule has 0 aromatic heterocycles. The molecule has 0 radical (unpaired) electrons. The summed E-state index contributed by atoms with van der Waals surface area (Å²) in [4.78, 5) is 2.07. The molecule has 1 aliphatic heterocycles. The van der Waals surface area contributed by atoms with Crippen LogP contribution in [0.2, 0.25) is 0 Å². The van der Waals surface area contributed by atoms with Gasteiger partial charge in [0.05, 0.1) is 24.1 Å². The molecule has 1 heterocycles. The fourth-order valence-electron chi connectivity index (χ4n) is 3.63. The molecule has 0 amide bonds. The predicted octanol–water partition coefficient (Wildman–Crippen LogP) is 0.568. The first-order valence-electron chi connectivity index (χ1n) is 8.09. The lowest BCUT2D eigenvalue weighted by Crippen LogP contribution is -2.50. The van der Waals surface area contributed by atoms with Crippen molar-refractivity contribution < 1.29 is 18.3 Å². The highest BCUT2D eigenvalue weighted by Crippen LogP contribution is 2.40. The van der Waals surface area contributed by atoms with E-state index in [9.17, 15) is 13.5 Å². The monoisotopic (exact) mass is 334 g/mol. The second-order valence-electron chi connectivity index (χ2n) is 7.78. The lowest BCUT2D eigenvalue weighted by molar-refractivity contribution is -0.0340. The minimum atomic E-state index is -3.44. The molecule has 2 N–H and O–H groups in total. The topological polar surface area (TPSA) is 78.9 Å². The van der Waals surface area contributed by atoms with Crippen molar-refractivity contribution in [2.75, 3.05) is 39.0 Å². The Hall–Kier alpha value is -0.210. The van der Waals surface area contributed by atoms with E-state index in [1.165, 1.54) is 0 Å². The van der Waals surface area contributed by atoms with Gasteiger partial charge in [-0.05, 0) is 31.7 Å². The Morgan fingerprint density at radius 2 is 2.09 bits per heavy atom. The van der Waals surface area contributed by atoms with Crippen LogP contribution in [0.25, 0.3) is 0 Å². The van der Waals surface area contributed by atoms with E-state index in [1.54, 1.807) is 0 Å². The largest absolute Gasteiger partial charge is 0.389 e. The van der Waals surface area contributed by atoms with E-state index in [-0.39, 0.29) is 23.8 Å². The summed E-state index contributed by atoms with van der Waals surface area (Å²) in [6.07, 6.45) is 2.99. The third-order valence-corrected chi connectivity index (χ3v) is 6.07. The number of morpholine rings is 1. The highest BCUT2D eigenvalue weighted by Gasteiger charge is 2.39. The quantitative estimate of drug-likeness (QED) is 0.768. The zero-order chi connectivity index (χ0) is 16.4. The maximum Gasteiger partial charge on any atom is 0.214 e. The van der Waals surface area contributed by atoms with Crippen molar-refractivity contribution in [2.45, 2.75) is 51.2 Å². The molecule has 2 unspecified atom stereocenters. The summed E-state index contributed by atoms with van der Waals surface area (Å²) in [7, 11) is -1.48. The lowest BCUT2D eigenvalue weighted by atomic mass is 9.70. The zero-order valence-corrected chi connectivity index (χ0v) is 14.8. The Labute approximate surface area is 134 Å². The number of ether oxygens (including phenoxy) is 1. The average Bonchev–Trinajstić information content (AvgIpc) is 2.35. The molecule has 1 saturated carbocycles. The predicted molar refractivity (Wildman–Crippen MR) is 86.2 cm³/mol. The number of nitrogens with zero attached hydrogens (tertiary/aromatic N) is 1. The standard InChI is InChI=1S/C15H30N2O4S/c1-14(2)5-4-6-15(18,11-14)12-16-22(19,20)10-13-9-17(3)7-8-21-13/h13,16,18H,4-12H2,1-3H3. The number of sulfonamides is 1. The molecule has 0 spiro atoms. The second-order valence-corrected chi connectivity index (χ2v) is 9.63. The van der Waals surface area contributed by atoms with Gasteiger partial charge >= 0.3 is 0 Å². The van der Waals surface area contributed by atoms with Crippen molar-refractivity contribution in [2.24, 2.45) is 5.41 Å². The highest BCUT2D eigenvalue weighted by atomic mass is 32.2. The van der Waals surface area contributed by atoms with Crippen molar-refractivity contribution in [3.63, 3.8) is 0 Å². The number of nitrogens with one attached hydrogen (secondary N) is 1. The summed E-state index contributed by atoms with van der Waals surface area (Å²) in [5.41, 5.74) is -0.868. The molecule has 2 rings (SSSR count). The van der Waals surface area contributed by atoms with Gasteiger partial charge in [-0.3, -0.25) is 0 Å². The van der Waals surface area contributed by atoms with Crippen molar-refractivity contribution in [3.8, 4) is 0 Å². The van der Waals surface area contributed by atoms with Crippen LogP contribution < -0.4 is 4.72 Å². The molecule has 6 nitrogen and oxygen atoms in total. The van der Waals surface area contributed by atoms with Crippen LogP contribution in [0.15, 0.2) is 0 Å². The number of aliphatic hydroxyl groups is 1. The van der Waals surface area contributed by atoms with E-state index in [0.29, 0.717) is 26.0 Å². The molecular weight excluding hydrogens is 304 g/mol. The molecule has 130 valence electrons. The van der Waals surface area contributed by atoms with E-state index in [2.05, 4.69) is 23.5 Å². The van der Waals surface area contributed by atoms with Gasteiger partial charge in [-0.25, -0.2) is 13.1 Å². The van der Waals surface area contributed by atoms with Crippen LogP contribution in [0, 0.1) is 5.41 Å². The smallest absolute Gasteiger partial charge is 0.214 e. The Bertz CT molecular complexity index is 480. The van der Waals surface area contributed by atoms with Crippen LogP contribution in [0.4, 0.5) is 0 Å². The van der Waals surface area contributed by atoms with Crippen LogP contribution in [0.1, 0.15) is 39.5 Å². The highest BCUT2D eigenvalue weighted by molar-refractivity contribution is 7.89. The molecule has 0 bridgehead atoms. The SMILES string of the molecule is CN1CCOC(CS(=O)(=O)NCC2(O)CCCC(C)(C)C2)C1. The van der Waals surface area contributed by atoms with Crippen molar-refractivity contribution >= 4 is 10.0 Å². The van der Waals surface area contributed by atoms with Gasteiger partial charge in [0, 0.05) is 19.6 Å². The molecule has 7 heteroatoms. The first kappa shape index (κ1) is 18.1. The zero-order valence-electron chi connectivity index (χ0n) is 14.0. The lowest BCUT2D eigenvalue weighted by Gasteiger charge is -2.41. The summed E-state index contributed by atoms with van der Waals surface area (Å²) < 4.78 is 32.6. The molecule has 22 heavy (non-hydrogen) atoms. The van der Waals surface area contributed by atoms with E-state index in [0.717, 1.165) is 19.4 Å². The van der Waals surface area contributed by atoms with Crippen molar-refractivity contribution in [1.29, 1.82) is 0 Å². The molecule has 1 saturated heterocycles. The van der Waals surface area contributed by atoms with Crippen LogP contribution in [-0.2, 0) is 14.8 Å². The van der Waals surface area contributed by atoms with Gasteiger partial charge in [0.15, 0.2) is 0 Å². The van der Waals surface area contributed by atoms with Gasteiger partial charge in [0.25, 0.3) is 0 Å². The van der Waals surface area contributed by atoms with Gasteiger partial charge in [-0.1, -0.05) is 20.3 Å². The summed E-state index contributed by atoms with van der Waals surface area (Å²) in [5.74, 6) is -0.0448. The van der Waals surface area contributed by atoms with Gasteiger partial charge in [-0.15, -0.1) is 0 Å². The summed E-state index contributed by atoms with van der Waals surface area (Å²) in [5, 5.41) is 10.7. The van der Waals surface area contributed by atoms with Crippen LogP contribution >= 0.6 is 0 Å². The second kappa shape index (κ2) is 6.73. The number of likely N-dealkylation sites (N-methyl/N-ethyl adjacent to an activating group) is 1. The van der Waals surface area contributed by atoms with Gasteiger partial charge < -0.3 is 14.7 Å². The first-order chi connectivity index (χ1) is 10.1. The van der Waals surface area contributed by atoms with Crippen LogP contribution in [0.5, 0.6) is 0 Å². The van der Waals surface area contributed by atoms with Gasteiger partial charge in [-0.2, -0.15) is 0 Å². The molecule has 2 aliphatic rings. The molecule has 0 aromatic rings. The maximum atomic E-state index is 12.2. The van der Waals surface area contributed by atoms with E-state index >= 15 is 0 Å². The normalized spacial score (nSPS) is 33.7. The summed E-state index contributed by atoms with van der Waals surface area (Å²) >= 11 is 0. The fraction of sp³-hybridized carbons (Fsp3) is 1.00. The number of hydrogen-bond acceptors (Lipinski definition) is 5. The summed E-state index contributed by atoms with van der Waals surface area (Å²) in [6, 6.07) is 0. The molecule has 2 fully saturated rings. The Morgan fingerprint density at radius 3 is 2.73 bits per heavy atom. The molecular formula is C15H30N2O4S. The third kappa shape index (κ3) is 5.45. The van der Waals surface area contributed by atoms with E-state index in [4.69, 9.17) is 4.74 Å². The van der Waals surface area contributed by atoms with Crippen molar-refractivity contribution in [3.05, 3.63) is 0 Å².